The monoisotopic (exact) mass is 381 g/mol. The smallest absolute Gasteiger partial charge is 0.166 e. The van der Waals surface area contributed by atoms with Crippen LogP contribution in [0.5, 0.6) is 11.5 Å². The number of ether oxygens (including phenoxy) is 2. The Balaban J connectivity index is 1.69. The number of hydrogen-bond acceptors (Lipinski definition) is 3. The molecule has 3 aromatic carbocycles. The van der Waals surface area contributed by atoms with E-state index < -0.39 is 0 Å². The molecule has 0 saturated heterocycles. The molecule has 0 bridgehead atoms. The fourth-order valence-electron chi connectivity index (χ4n) is 2.84. The average molecular weight is 382 g/mol. The van der Waals surface area contributed by atoms with Crippen LogP contribution in [0.15, 0.2) is 66.7 Å². The van der Waals surface area contributed by atoms with E-state index in [1.807, 2.05) is 42.5 Å². The predicted octanol–water partition coefficient (Wildman–Crippen LogP) is 5.53. The molecule has 0 amide bonds. The Morgan fingerprint density at radius 2 is 1.59 bits per heavy atom. The molecule has 0 aromatic heterocycles. The average Bonchev–Trinajstić information content (AvgIpc) is 2.69. The maximum absolute atomic E-state index is 6.24. The summed E-state index contributed by atoms with van der Waals surface area (Å²) in [7, 11) is 1.65. The predicted molar refractivity (Wildman–Crippen MR) is 111 cm³/mol. The summed E-state index contributed by atoms with van der Waals surface area (Å²) in [6, 6.07) is 22.2. The van der Waals surface area contributed by atoms with Gasteiger partial charge in [0.05, 0.1) is 7.11 Å². The summed E-state index contributed by atoms with van der Waals surface area (Å²) in [6.07, 6.45) is 0. The van der Waals surface area contributed by atoms with Crippen LogP contribution in [0.2, 0.25) is 5.02 Å². The molecule has 4 heteroatoms. The van der Waals surface area contributed by atoms with Crippen LogP contribution in [-0.4, -0.2) is 7.11 Å². The normalized spacial score (nSPS) is 10.6. The molecule has 0 heterocycles. The van der Waals surface area contributed by atoms with Crippen molar-refractivity contribution in [3.05, 3.63) is 94.0 Å². The second kappa shape index (κ2) is 9.45. The standard InChI is InChI=1S/C23H24ClNO2/c1-17-10-12-18(13-11-17)14-25-15-19-7-5-9-22(26-2)23(19)27-16-20-6-3-4-8-21(20)24/h3-13,25H,14-16H2,1-2H3. The van der Waals surface area contributed by atoms with Gasteiger partial charge in [0.2, 0.25) is 0 Å². The molecule has 3 rings (SSSR count). The van der Waals surface area contributed by atoms with Gasteiger partial charge in [-0.05, 0) is 24.6 Å². The molecule has 3 nitrogen and oxygen atoms in total. The first-order chi connectivity index (χ1) is 13.2. The summed E-state index contributed by atoms with van der Waals surface area (Å²) in [5, 5.41) is 4.18. The van der Waals surface area contributed by atoms with Gasteiger partial charge in [-0.2, -0.15) is 0 Å². The fraction of sp³-hybridized carbons (Fsp3) is 0.217. The van der Waals surface area contributed by atoms with Crippen molar-refractivity contribution in [3.8, 4) is 11.5 Å². The highest BCUT2D eigenvalue weighted by Gasteiger charge is 2.11. The highest BCUT2D eigenvalue weighted by Crippen LogP contribution is 2.32. The maximum Gasteiger partial charge on any atom is 0.166 e. The van der Waals surface area contributed by atoms with Gasteiger partial charge < -0.3 is 14.8 Å². The first-order valence-electron chi connectivity index (χ1n) is 8.95. The SMILES string of the molecule is COc1cccc(CNCc2ccc(C)cc2)c1OCc1ccccc1Cl. The van der Waals surface area contributed by atoms with Gasteiger partial charge in [0.25, 0.3) is 0 Å². The first kappa shape index (κ1) is 19.3. The number of rotatable bonds is 8. The summed E-state index contributed by atoms with van der Waals surface area (Å²) in [4.78, 5) is 0. The van der Waals surface area contributed by atoms with Gasteiger partial charge >= 0.3 is 0 Å². The zero-order valence-electron chi connectivity index (χ0n) is 15.7. The quantitative estimate of drug-likeness (QED) is 0.556. The zero-order chi connectivity index (χ0) is 19.1. The van der Waals surface area contributed by atoms with Crippen LogP contribution >= 0.6 is 11.6 Å². The van der Waals surface area contributed by atoms with E-state index in [1.165, 1.54) is 11.1 Å². The van der Waals surface area contributed by atoms with Gasteiger partial charge in [-0.25, -0.2) is 0 Å². The molecule has 0 aliphatic heterocycles. The van der Waals surface area contributed by atoms with Gasteiger partial charge in [0.15, 0.2) is 11.5 Å². The molecular weight excluding hydrogens is 358 g/mol. The lowest BCUT2D eigenvalue weighted by Gasteiger charge is -2.16. The van der Waals surface area contributed by atoms with E-state index >= 15 is 0 Å². The Bertz CT molecular complexity index is 878. The molecule has 0 unspecified atom stereocenters. The number of para-hydroxylation sites is 1. The number of methoxy groups -OCH3 is 1. The third kappa shape index (κ3) is 5.25. The van der Waals surface area contributed by atoms with Crippen LogP contribution in [0.3, 0.4) is 0 Å². The number of aryl methyl sites for hydroxylation is 1. The molecule has 27 heavy (non-hydrogen) atoms. The lowest BCUT2D eigenvalue weighted by molar-refractivity contribution is 0.280. The third-order valence-electron chi connectivity index (χ3n) is 4.38. The van der Waals surface area contributed by atoms with Crippen LogP contribution in [0.4, 0.5) is 0 Å². The highest BCUT2D eigenvalue weighted by molar-refractivity contribution is 6.31. The van der Waals surface area contributed by atoms with Crippen LogP contribution in [0.25, 0.3) is 0 Å². The Hall–Kier alpha value is -2.49. The van der Waals surface area contributed by atoms with Crippen molar-refractivity contribution < 1.29 is 9.47 Å². The lowest BCUT2D eigenvalue weighted by atomic mass is 10.1. The minimum Gasteiger partial charge on any atom is -0.493 e. The Morgan fingerprint density at radius 3 is 2.33 bits per heavy atom. The van der Waals surface area contributed by atoms with E-state index in [0.717, 1.165) is 29.2 Å². The summed E-state index contributed by atoms with van der Waals surface area (Å²) in [5.41, 5.74) is 4.51. The Morgan fingerprint density at radius 1 is 0.852 bits per heavy atom. The maximum atomic E-state index is 6.24. The Kier molecular flexibility index (Phi) is 6.74. The zero-order valence-corrected chi connectivity index (χ0v) is 16.4. The number of benzene rings is 3. The van der Waals surface area contributed by atoms with Crippen molar-refractivity contribution in [2.24, 2.45) is 0 Å². The van der Waals surface area contributed by atoms with E-state index in [1.54, 1.807) is 7.11 Å². The van der Waals surface area contributed by atoms with E-state index in [0.29, 0.717) is 18.2 Å². The van der Waals surface area contributed by atoms with Gasteiger partial charge in [0, 0.05) is 29.2 Å². The van der Waals surface area contributed by atoms with E-state index in [2.05, 4.69) is 36.5 Å². The first-order valence-corrected chi connectivity index (χ1v) is 9.33. The molecule has 1 N–H and O–H groups in total. The molecule has 0 radical (unpaired) electrons. The summed E-state index contributed by atoms with van der Waals surface area (Å²) >= 11 is 6.24. The largest absolute Gasteiger partial charge is 0.493 e. The van der Waals surface area contributed by atoms with Gasteiger partial charge in [-0.15, -0.1) is 0 Å². The fourth-order valence-corrected chi connectivity index (χ4v) is 3.03. The molecular formula is C23H24ClNO2. The molecule has 3 aromatic rings. The second-order valence-corrected chi connectivity index (χ2v) is 6.82. The second-order valence-electron chi connectivity index (χ2n) is 6.42. The summed E-state index contributed by atoms with van der Waals surface area (Å²) < 4.78 is 11.6. The van der Waals surface area contributed by atoms with Crippen LogP contribution in [-0.2, 0) is 19.7 Å². The molecule has 0 spiro atoms. The molecule has 0 atom stereocenters. The van der Waals surface area contributed by atoms with E-state index in [4.69, 9.17) is 21.1 Å². The van der Waals surface area contributed by atoms with Crippen molar-refractivity contribution in [3.63, 3.8) is 0 Å². The van der Waals surface area contributed by atoms with Gasteiger partial charge in [0.1, 0.15) is 6.61 Å². The van der Waals surface area contributed by atoms with Crippen molar-refractivity contribution in [2.45, 2.75) is 26.6 Å². The minimum atomic E-state index is 0.394. The van der Waals surface area contributed by atoms with Crippen LogP contribution in [0.1, 0.15) is 22.3 Å². The van der Waals surface area contributed by atoms with Crippen molar-refractivity contribution in [2.75, 3.05) is 7.11 Å². The van der Waals surface area contributed by atoms with Crippen molar-refractivity contribution in [1.82, 2.24) is 5.32 Å². The molecule has 0 saturated carbocycles. The molecule has 140 valence electrons. The van der Waals surface area contributed by atoms with Gasteiger partial charge in [-0.1, -0.05) is 71.8 Å². The van der Waals surface area contributed by atoms with Crippen LogP contribution in [0, 0.1) is 6.92 Å². The van der Waals surface area contributed by atoms with Crippen LogP contribution < -0.4 is 14.8 Å². The Labute approximate surface area is 165 Å². The topological polar surface area (TPSA) is 30.5 Å². The molecule has 0 fully saturated rings. The number of hydrogen-bond donors (Lipinski definition) is 1. The van der Waals surface area contributed by atoms with E-state index in [-0.39, 0.29) is 0 Å². The summed E-state index contributed by atoms with van der Waals surface area (Å²) in [6.45, 7) is 3.96. The van der Waals surface area contributed by atoms with E-state index in [9.17, 15) is 0 Å². The van der Waals surface area contributed by atoms with Crippen molar-refractivity contribution in [1.29, 1.82) is 0 Å². The highest BCUT2D eigenvalue weighted by atomic mass is 35.5. The molecule has 0 aliphatic carbocycles. The minimum absolute atomic E-state index is 0.394. The van der Waals surface area contributed by atoms with Gasteiger partial charge in [-0.3, -0.25) is 0 Å². The summed E-state index contributed by atoms with van der Waals surface area (Å²) in [5.74, 6) is 1.47. The number of halogens is 1. The lowest BCUT2D eigenvalue weighted by Crippen LogP contribution is -2.14. The third-order valence-corrected chi connectivity index (χ3v) is 4.74. The number of nitrogens with one attached hydrogen (secondary N) is 1. The van der Waals surface area contributed by atoms with Crippen molar-refractivity contribution >= 4 is 11.6 Å². The molecule has 0 aliphatic rings.